The maximum Gasteiger partial charge on any atom is 0.127 e. The summed E-state index contributed by atoms with van der Waals surface area (Å²) in [6.07, 6.45) is 1.05. The van der Waals surface area contributed by atoms with Gasteiger partial charge < -0.3 is 10.1 Å². The highest BCUT2D eigenvalue weighted by atomic mass is 16.5. The quantitative estimate of drug-likeness (QED) is 0.859. The molecule has 19 heavy (non-hydrogen) atoms. The second-order valence-electron chi connectivity index (χ2n) is 4.68. The van der Waals surface area contributed by atoms with Crippen molar-refractivity contribution in [3.63, 3.8) is 0 Å². The van der Waals surface area contributed by atoms with E-state index in [2.05, 4.69) is 43.4 Å². The summed E-state index contributed by atoms with van der Waals surface area (Å²) in [5, 5.41) is 3.22. The Kier molecular flexibility index (Phi) is 4.58. The van der Waals surface area contributed by atoms with E-state index in [0.717, 1.165) is 17.9 Å². The van der Waals surface area contributed by atoms with Crippen LogP contribution in [-0.2, 0) is 6.42 Å². The van der Waals surface area contributed by atoms with Crippen molar-refractivity contribution >= 4 is 0 Å². The molecule has 2 aromatic carbocycles. The molecule has 2 aromatic rings. The third kappa shape index (κ3) is 3.58. The van der Waals surface area contributed by atoms with Crippen LogP contribution in [0.1, 0.15) is 31.0 Å². The first-order chi connectivity index (χ1) is 9.22. The van der Waals surface area contributed by atoms with Crippen LogP contribution < -0.4 is 10.1 Å². The van der Waals surface area contributed by atoms with Crippen LogP contribution in [0.4, 0.5) is 0 Å². The lowest BCUT2D eigenvalue weighted by Crippen LogP contribution is -2.11. The van der Waals surface area contributed by atoms with Crippen molar-refractivity contribution in [2.24, 2.45) is 0 Å². The number of aryl methyl sites for hydroxylation is 1. The van der Waals surface area contributed by atoms with Crippen molar-refractivity contribution in [2.75, 3.05) is 7.05 Å². The van der Waals surface area contributed by atoms with Crippen LogP contribution in [0.2, 0.25) is 0 Å². The van der Waals surface area contributed by atoms with Crippen molar-refractivity contribution in [3.8, 4) is 11.5 Å². The molecule has 0 amide bonds. The lowest BCUT2D eigenvalue weighted by Gasteiger charge is -2.11. The van der Waals surface area contributed by atoms with Gasteiger partial charge in [-0.2, -0.15) is 0 Å². The SMILES string of the molecule is CCc1ccc(Oc2ccc(C(C)NC)cc2)cc1. The molecule has 0 aliphatic carbocycles. The van der Waals surface area contributed by atoms with E-state index in [9.17, 15) is 0 Å². The van der Waals surface area contributed by atoms with Crippen LogP contribution in [0.25, 0.3) is 0 Å². The van der Waals surface area contributed by atoms with Gasteiger partial charge in [-0.15, -0.1) is 0 Å². The molecule has 2 nitrogen and oxygen atoms in total. The van der Waals surface area contributed by atoms with Gasteiger partial charge in [-0.3, -0.25) is 0 Å². The predicted molar refractivity (Wildman–Crippen MR) is 79.8 cm³/mol. The van der Waals surface area contributed by atoms with E-state index in [0.29, 0.717) is 6.04 Å². The number of ether oxygens (including phenoxy) is 1. The van der Waals surface area contributed by atoms with Crippen LogP contribution in [0.15, 0.2) is 48.5 Å². The van der Waals surface area contributed by atoms with Crippen molar-refractivity contribution in [2.45, 2.75) is 26.3 Å². The van der Waals surface area contributed by atoms with E-state index < -0.39 is 0 Å². The minimum Gasteiger partial charge on any atom is -0.457 e. The van der Waals surface area contributed by atoms with E-state index >= 15 is 0 Å². The van der Waals surface area contributed by atoms with Crippen LogP contribution in [0.5, 0.6) is 11.5 Å². The van der Waals surface area contributed by atoms with Crippen LogP contribution in [0.3, 0.4) is 0 Å². The predicted octanol–water partition coefficient (Wildman–Crippen LogP) is 4.32. The van der Waals surface area contributed by atoms with E-state index in [1.165, 1.54) is 11.1 Å². The smallest absolute Gasteiger partial charge is 0.127 e. The maximum absolute atomic E-state index is 5.83. The fraction of sp³-hybridized carbons (Fsp3) is 0.294. The van der Waals surface area contributed by atoms with Gasteiger partial charge in [0.25, 0.3) is 0 Å². The third-order valence-electron chi connectivity index (χ3n) is 3.38. The normalized spacial score (nSPS) is 12.2. The summed E-state index contributed by atoms with van der Waals surface area (Å²) >= 11 is 0. The molecule has 0 spiro atoms. The van der Waals surface area contributed by atoms with Gasteiger partial charge >= 0.3 is 0 Å². The zero-order chi connectivity index (χ0) is 13.7. The lowest BCUT2D eigenvalue weighted by atomic mass is 10.1. The molecule has 0 aliphatic heterocycles. The van der Waals surface area contributed by atoms with Gasteiger partial charge in [-0.25, -0.2) is 0 Å². The molecule has 1 atom stereocenters. The second-order valence-corrected chi connectivity index (χ2v) is 4.68. The lowest BCUT2D eigenvalue weighted by molar-refractivity contribution is 0.482. The van der Waals surface area contributed by atoms with Crippen LogP contribution in [0, 0.1) is 0 Å². The molecule has 1 N–H and O–H groups in total. The summed E-state index contributed by atoms with van der Waals surface area (Å²) in [4.78, 5) is 0. The molecule has 0 saturated carbocycles. The van der Waals surface area contributed by atoms with Gasteiger partial charge in [0, 0.05) is 6.04 Å². The van der Waals surface area contributed by atoms with Crippen molar-refractivity contribution in [1.29, 1.82) is 0 Å². The molecule has 2 heteroatoms. The van der Waals surface area contributed by atoms with Crippen molar-refractivity contribution in [3.05, 3.63) is 59.7 Å². The molecular weight excluding hydrogens is 234 g/mol. The summed E-state index contributed by atoms with van der Waals surface area (Å²) in [5.74, 6) is 1.75. The first kappa shape index (κ1) is 13.6. The van der Waals surface area contributed by atoms with Gasteiger partial charge in [-0.05, 0) is 55.8 Å². The summed E-state index contributed by atoms with van der Waals surface area (Å²) in [6.45, 7) is 4.29. The van der Waals surface area contributed by atoms with Gasteiger partial charge in [0.1, 0.15) is 11.5 Å². The van der Waals surface area contributed by atoms with Gasteiger partial charge in [-0.1, -0.05) is 31.2 Å². The Balaban J connectivity index is 2.06. The molecule has 0 saturated heterocycles. The molecule has 0 aliphatic rings. The number of benzene rings is 2. The fourth-order valence-electron chi connectivity index (χ4n) is 1.92. The van der Waals surface area contributed by atoms with Crippen LogP contribution >= 0.6 is 0 Å². The minimum absolute atomic E-state index is 0.359. The Morgan fingerprint density at radius 1 is 0.947 bits per heavy atom. The third-order valence-corrected chi connectivity index (χ3v) is 3.38. The summed E-state index contributed by atoms with van der Waals surface area (Å²) in [5.41, 5.74) is 2.58. The van der Waals surface area contributed by atoms with E-state index in [1.54, 1.807) is 0 Å². The van der Waals surface area contributed by atoms with Crippen molar-refractivity contribution < 1.29 is 4.74 Å². The highest BCUT2D eigenvalue weighted by molar-refractivity contribution is 5.35. The first-order valence-corrected chi connectivity index (χ1v) is 6.77. The molecule has 100 valence electrons. The van der Waals surface area contributed by atoms with Crippen molar-refractivity contribution in [1.82, 2.24) is 5.32 Å². The first-order valence-electron chi connectivity index (χ1n) is 6.77. The molecule has 0 fully saturated rings. The zero-order valence-electron chi connectivity index (χ0n) is 11.8. The molecule has 0 heterocycles. The number of nitrogens with one attached hydrogen (secondary N) is 1. The molecular formula is C17H21NO. The fourth-order valence-corrected chi connectivity index (χ4v) is 1.92. The molecule has 0 aromatic heterocycles. The largest absolute Gasteiger partial charge is 0.457 e. The van der Waals surface area contributed by atoms with Gasteiger partial charge in [0.2, 0.25) is 0 Å². The Labute approximate surface area is 115 Å². The molecule has 2 rings (SSSR count). The highest BCUT2D eigenvalue weighted by Gasteiger charge is 2.03. The molecule has 1 unspecified atom stereocenters. The standard InChI is InChI=1S/C17H21NO/c1-4-14-5-9-16(10-6-14)19-17-11-7-15(8-12-17)13(2)18-3/h5-13,18H,4H2,1-3H3. The average molecular weight is 255 g/mol. The van der Waals surface area contributed by atoms with E-state index in [-0.39, 0.29) is 0 Å². The minimum atomic E-state index is 0.359. The number of hydrogen-bond donors (Lipinski definition) is 1. The Hall–Kier alpha value is -1.80. The second kappa shape index (κ2) is 6.39. The Morgan fingerprint density at radius 3 is 1.95 bits per heavy atom. The monoisotopic (exact) mass is 255 g/mol. The highest BCUT2D eigenvalue weighted by Crippen LogP contribution is 2.23. The summed E-state index contributed by atoms with van der Waals surface area (Å²) in [6, 6.07) is 16.8. The molecule has 0 radical (unpaired) electrons. The summed E-state index contributed by atoms with van der Waals surface area (Å²) in [7, 11) is 1.96. The molecule has 0 bridgehead atoms. The maximum atomic E-state index is 5.83. The Morgan fingerprint density at radius 2 is 1.47 bits per heavy atom. The van der Waals surface area contributed by atoms with Gasteiger partial charge in [0.15, 0.2) is 0 Å². The average Bonchev–Trinajstić information content (AvgIpc) is 2.48. The number of rotatable bonds is 5. The zero-order valence-corrected chi connectivity index (χ0v) is 11.8. The summed E-state index contributed by atoms with van der Waals surface area (Å²) < 4.78 is 5.83. The Bertz CT molecular complexity index is 502. The van der Waals surface area contributed by atoms with Crippen LogP contribution in [-0.4, -0.2) is 7.05 Å². The van der Waals surface area contributed by atoms with E-state index in [1.807, 2.05) is 31.3 Å². The van der Waals surface area contributed by atoms with Gasteiger partial charge in [0.05, 0.1) is 0 Å². The van der Waals surface area contributed by atoms with E-state index in [4.69, 9.17) is 4.74 Å². The topological polar surface area (TPSA) is 21.3 Å². The number of hydrogen-bond acceptors (Lipinski definition) is 2.